The molecule has 2 amide bonds. The minimum Gasteiger partial charge on any atom is -0.329 e. The van der Waals surface area contributed by atoms with E-state index in [2.05, 4.69) is 0 Å². The smallest absolute Gasteiger partial charge is 0.276 e. The third kappa shape index (κ3) is 4.45. The van der Waals surface area contributed by atoms with Crippen molar-refractivity contribution in [1.82, 2.24) is 9.80 Å². The summed E-state index contributed by atoms with van der Waals surface area (Å²) in [7, 11) is -1.78. The van der Waals surface area contributed by atoms with Crippen molar-refractivity contribution in [2.45, 2.75) is 30.9 Å². The molecule has 166 valence electrons. The minimum absolute atomic E-state index is 0.0753. The predicted molar refractivity (Wildman–Crippen MR) is 113 cm³/mol. The van der Waals surface area contributed by atoms with E-state index in [0.29, 0.717) is 6.42 Å². The summed E-state index contributed by atoms with van der Waals surface area (Å²) in [6.45, 7) is 1.23. The second-order valence-electron chi connectivity index (χ2n) is 7.10. The first-order chi connectivity index (χ1) is 14.5. The lowest BCUT2D eigenvalue weighted by atomic mass is 10.1. The van der Waals surface area contributed by atoms with Gasteiger partial charge in [0.2, 0.25) is 12.1 Å². The molecule has 3 rings (SSSR count). The Morgan fingerprint density at radius 3 is 2.42 bits per heavy atom. The van der Waals surface area contributed by atoms with E-state index in [1.807, 2.05) is 17.5 Å². The highest BCUT2D eigenvalue weighted by Crippen LogP contribution is 2.32. The van der Waals surface area contributed by atoms with Gasteiger partial charge in [0.25, 0.3) is 21.7 Å². The van der Waals surface area contributed by atoms with Gasteiger partial charge in [0, 0.05) is 31.5 Å². The molecule has 1 aromatic carbocycles. The van der Waals surface area contributed by atoms with Crippen LogP contribution in [0.1, 0.15) is 22.6 Å². The third-order valence-corrected chi connectivity index (χ3v) is 7.68. The van der Waals surface area contributed by atoms with Crippen LogP contribution in [0.4, 0.5) is 5.69 Å². The predicted octanol–water partition coefficient (Wildman–Crippen LogP) is 1.93. The van der Waals surface area contributed by atoms with Crippen molar-refractivity contribution in [2.24, 2.45) is 0 Å². The third-order valence-electron chi connectivity index (χ3n) is 5.22. The number of nitro groups is 1. The SMILES string of the molecule is CC(c1ccccc1[N+](=O)[O-])S(=O)(=O)OC1C(=O)N(C)C(Cc2cccs2)C(=O)N1C. The Morgan fingerprint density at radius 2 is 1.81 bits per heavy atom. The summed E-state index contributed by atoms with van der Waals surface area (Å²) in [5.41, 5.74) is -0.455. The molecule has 31 heavy (non-hydrogen) atoms. The van der Waals surface area contributed by atoms with Gasteiger partial charge in [0.1, 0.15) is 11.3 Å². The summed E-state index contributed by atoms with van der Waals surface area (Å²) < 4.78 is 30.9. The number of hydrogen-bond acceptors (Lipinski definition) is 8. The number of rotatable bonds is 7. The molecule has 0 bridgehead atoms. The van der Waals surface area contributed by atoms with Crippen LogP contribution in [-0.4, -0.2) is 61.3 Å². The fraction of sp³-hybridized carbons (Fsp3) is 0.368. The molecule has 0 radical (unpaired) electrons. The van der Waals surface area contributed by atoms with Crippen LogP contribution < -0.4 is 0 Å². The molecule has 3 atom stereocenters. The maximum atomic E-state index is 12.9. The van der Waals surface area contributed by atoms with Crippen LogP contribution in [0.15, 0.2) is 41.8 Å². The monoisotopic (exact) mass is 467 g/mol. The van der Waals surface area contributed by atoms with Gasteiger partial charge in [0.05, 0.1) is 10.5 Å². The molecular formula is C19H21N3O7S2. The van der Waals surface area contributed by atoms with Crippen molar-refractivity contribution >= 4 is 39.0 Å². The van der Waals surface area contributed by atoms with Crippen molar-refractivity contribution in [3.05, 3.63) is 62.3 Å². The largest absolute Gasteiger partial charge is 0.329 e. The van der Waals surface area contributed by atoms with E-state index < -0.39 is 44.4 Å². The van der Waals surface area contributed by atoms with Gasteiger partial charge in [-0.15, -0.1) is 11.3 Å². The fourth-order valence-corrected chi connectivity index (χ4v) is 5.21. The van der Waals surface area contributed by atoms with Crippen molar-refractivity contribution in [2.75, 3.05) is 14.1 Å². The van der Waals surface area contributed by atoms with Gasteiger partial charge in [-0.2, -0.15) is 8.42 Å². The molecule has 1 fully saturated rings. The molecule has 1 aliphatic rings. The maximum Gasteiger partial charge on any atom is 0.276 e. The van der Waals surface area contributed by atoms with Crippen LogP contribution in [0.2, 0.25) is 0 Å². The first kappa shape index (κ1) is 22.8. The van der Waals surface area contributed by atoms with Gasteiger partial charge in [-0.1, -0.05) is 24.3 Å². The van der Waals surface area contributed by atoms with Crippen LogP contribution in [0.3, 0.4) is 0 Å². The molecule has 0 N–H and O–H groups in total. The number of amides is 2. The van der Waals surface area contributed by atoms with E-state index in [0.717, 1.165) is 9.78 Å². The summed E-state index contributed by atoms with van der Waals surface area (Å²) in [6, 6.07) is 8.28. The van der Waals surface area contributed by atoms with E-state index in [9.17, 15) is 28.1 Å². The van der Waals surface area contributed by atoms with Crippen LogP contribution in [-0.2, 0) is 30.3 Å². The first-order valence-corrected chi connectivity index (χ1v) is 11.6. The summed E-state index contributed by atoms with van der Waals surface area (Å²) in [4.78, 5) is 39.3. The number of carbonyl (C=O) groups excluding carboxylic acids is 2. The number of nitrogens with zero attached hydrogens (tertiary/aromatic N) is 3. The second kappa shape index (κ2) is 8.73. The van der Waals surface area contributed by atoms with Crippen molar-refractivity contribution in [3.63, 3.8) is 0 Å². The molecule has 3 unspecified atom stereocenters. The van der Waals surface area contributed by atoms with Crippen LogP contribution in [0.5, 0.6) is 0 Å². The fourth-order valence-electron chi connectivity index (χ4n) is 3.32. The average Bonchev–Trinajstić information content (AvgIpc) is 3.25. The zero-order valence-electron chi connectivity index (χ0n) is 17.0. The van der Waals surface area contributed by atoms with Crippen molar-refractivity contribution in [1.29, 1.82) is 0 Å². The number of benzene rings is 1. The lowest BCUT2D eigenvalue weighted by Gasteiger charge is -2.41. The molecular weight excluding hydrogens is 446 g/mol. The summed E-state index contributed by atoms with van der Waals surface area (Å²) >= 11 is 1.45. The zero-order valence-corrected chi connectivity index (χ0v) is 18.6. The maximum absolute atomic E-state index is 12.9. The Kier molecular flexibility index (Phi) is 6.43. The lowest BCUT2D eigenvalue weighted by Crippen LogP contribution is -2.64. The quantitative estimate of drug-likeness (QED) is 0.346. The average molecular weight is 468 g/mol. The molecule has 1 aliphatic heterocycles. The topological polar surface area (TPSA) is 127 Å². The van der Waals surface area contributed by atoms with E-state index in [4.69, 9.17) is 4.18 Å². The molecule has 2 heterocycles. The summed E-state index contributed by atoms with van der Waals surface area (Å²) in [5, 5.41) is 11.7. The second-order valence-corrected chi connectivity index (χ2v) is 10.0. The van der Waals surface area contributed by atoms with Gasteiger partial charge < -0.3 is 9.80 Å². The summed E-state index contributed by atoms with van der Waals surface area (Å²) in [6.07, 6.45) is -1.39. The molecule has 0 spiro atoms. The van der Waals surface area contributed by atoms with Gasteiger partial charge in [0.15, 0.2) is 0 Å². The Bertz CT molecular complexity index is 1100. The van der Waals surface area contributed by atoms with Crippen molar-refractivity contribution in [3.8, 4) is 0 Å². The van der Waals surface area contributed by atoms with Gasteiger partial charge in [-0.05, 0) is 18.4 Å². The van der Waals surface area contributed by atoms with Gasteiger partial charge in [-0.3, -0.25) is 19.7 Å². The number of piperazine rings is 1. The lowest BCUT2D eigenvalue weighted by molar-refractivity contribution is -0.385. The Morgan fingerprint density at radius 1 is 1.13 bits per heavy atom. The van der Waals surface area contributed by atoms with Gasteiger partial charge >= 0.3 is 0 Å². The number of likely N-dealkylation sites (N-methyl/N-ethyl adjacent to an activating group) is 2. The van der Waals surface area contributed by atoms with E-state index >= 15 is 0 Å². The van der Waals surface area contributed by atoms with E-state index in [1.54, 1.807) is 0 Å². The van der Waals surface area contributed by atoms with E-state index in [-0.39, 0.29) is 11.3 Å². The molecule has 0 saturated carbocycles. The molecule has 2 aromatic rings. The first-order valence-electron chi connectivity index (χ1n) is 9.25. The zero-order chi connectivity index (χ0) is 22.9. The Labute approximate surface area is 183 Å². The molecule has 10 nitrogen and oxygen atoms in total. The highest BCUT2D eigenvalue weighted by molar-refractivity contribution is 7.87. The number of nitro benzene ring substituents is 1. The Hall–Kier alpha value is -2.83. The number of para-hydroxylation sites is 1. The molecule has 1 saturated heterocycles. The summed E-state index contributed by atoms with van der Waals surface area (Å²) in [5.74, 6) is -1.16. The number of carbonyl (C=O) groups is 2. The molecule has 1 aromatic heterocycles. The molecule has 0 aliphatic carbocycles. The Balaban J connectivity index is 1.84. The molecule has 12 heteroatoms. The number of thiophene rings is 1. The number of hydrogen-bond donors (Lipinski definition) is 0. The highest BCUT2D eigenvalue weighted by atomic mass is 32.2. The highest BCUT2D eigenvalue weighted by Gasteiger charge is 2.46. The van der Waals surface area contributed by atoms with Crippen molar-refractivity contribution < 1.29 is 27.1 Å². The van der Waals surface area contributed by atoms with E-state index in [1.165, 1.54) is 61.5 Å². The van der Waals surface area contributed by atoms with Crippen LogP contribution in [0.25, 0.3) is 0 Å². The van der Waals surface area contributed by atoms with Gasteiger partial charge in [-0.25, -0.2) is 4.18 Å². The van der Waals surface area contributed by atoms with Crippen LogP contribution >= 0.6 is 11.3 Å². The van der Waals surface area contributed by atoms with Crippen LogP contribution in [0, 0.1) is 10.1 Å². The normalized spacial score (nSPS) is 20.7. The minimum atomic E-state index is -4.49. The standard InChI is InChI=1S/C19H21N3O7S2/c1-12(14-8-4-5-9-15(14)22(25)26)31(27,28)29-19-18(24)20(2)16(17(23)21(19)3)11-13-7-6-10-30-13/h4-10,12,16,19H,11H2,1-3H3.